The molecule has 7 nitrogen and oxygen atoms in total. The summed E-state index contributed by atoms with van der Waals surface area (Å²) in [5, 5.41) is 15.3. The molecule has 0 saturated heterocycles. The molecule has 0 aliphatic heterocycles. The second kappa shape index (κ2) is 6.64. The van der Waals surface area contributed by atoms with Gasteiger partial charge >= 0.3 is 5.63 Å². The number of sulfonamides is 1. The Hall–Kier alpha value is -3.13. The molecule has 26 heavy (non-hydrogen) atoms. The van der Waals surface area contributed by atoms with Crippen LogP contribution < -0.4 is 10.5 Å². The van der Waals surface area contributed by atoms with Crippen LogP contribution in [0.5, 0.6) is 5.75 Å². The van der Waals surface area contributed by atoms with E-state index in [0.717, 1.165) is 10.8 Å². The number of nitrogens with zero attached hydrogens (tertiary/aromatic N) is 1. The van der Waals surface area contributed by atoms with E-state index >= 15 is 0 Å². The van der Waals surface area contributed by atoms with Gasteiger partial charge in [-0.2, -0.15) is 18.4 Å². The molecule has 0 spiro atoms. The van der Waals surface area contributed by atoms with Crippen LogP contribution in [0.25, 0.3) is 10.8 Å². The van der Waals surface area contributed by atoms with E-state index in [0.29, 0.717) is 0 Å². The fraction of sp³-hybridized carbons (Fsp3) is 0.111. The van der Waals surface area contributed by atoms with Gasteiger partial charge < -0.3 is 9.52 Å². The third-order valence-electron chi connectivity index (χ3n) is 3.78. The van der Waals surface area contributed by atoms with Gasteiger partial charge in [-0.1, -0.05) is 30.3 Å². The summed E-state index contributed by atoms with van der Waals surface area (Å²) in [5.41, 5.74) is -1.01. The van der Waals surface area contributed by atoms with Crippen LogP contribution in [0.3, 0.4) is 0 Å². The Bertz CT molecular complexity index is 1180. The number of rotatable bonds is 4. The highest BCUT2D eigenvalue weighted by atomic mass is 32.2. The quantitative estimate of drug-likeness (QED) is 0.540. The molecule has 3 rings (SSSR count). The summed E-state index contributed by atoms with van der Waals surface area (Å²) in [7, 11) is -3.94. The molecule has 0 fully saturated rings. The molecule has 2 aromatic carbocycles. The van der Waals surface area contributed by atoms with Crippen molar-refractivity contribution in [3.05, 3.63) is 70.3 Å². The Kier molecular flexibility index (Phi) is 4.52. The second-order valence-corrected chi connectivity index (χ2v) is 7.37. The smallest absolute Gasteiger partial charge is 0.348 e. The molecule has 3 aromatic rings. The van der Waals surface area contributed by atoms with Gasteiger partial charge in [-0.15, -0.1) is 0 Å². The third-order valence-corrected chi connectivity index (χ3v) is 4.99. The predicted molar refractivity (Wildman–Crippen MR) is 97.9 cm³/mol. The van der Waals surface area contributed by atoms with Crippen LogP contribution in [0.2, 0.25) is 0 Å². The van der Waals surface area contributed by atoms with Crippen LogP contribution in [-0.4, -0.2) is 19.2 Å². The summed E-state index contributed by atoms with van der Waals surface area (Å²) in [6.07, 6.45) is 0. The number of fused-ring (bicyclic) bond motifs is 1. The molecular formula is C18H16N2O5S. The zero-order valence-electron chi connectivity index (χ0n) is 14.1. The minimum atomic E-state index is -3.94. The highest BCUT2D eigenvalue weighted by Gasteiger charge is 2.16. The van der Waals surface area contributed by atoms with Crippen molar-refractivity contribution in [3.63, 3.8) is 0 Å². The fourth-order valence-corrected chi connectivity index (χ4v) is 3.39. The van der Waals surface area contributed by atoms with Crippen molar-refractivity contribution in [3.8, 4) is 5.75 Å². The summed E-state index contributed by atoms with van der Waals surface area (Å²) in [6.45, 7) is 2.91. The number of nitrogens with one attached hydrogen (secondary N) is 1. The van der Waals surface area contributed by atoms with Gasteiger partial charge in [0, 0.05) is 6.07 Å². The lowest BCUT2D eigenvalue weighted by molar-refractivity contribution is 0.432. The zero-order chi connectivity index (χ0) is 18.9. The van der Waals surface area contributed by atoms with E-state index < -0.39 is 15.6 Å². The van der Waals surface area contributed by atoms with E-state index in [2.05, 4.69) is 9.93 Å². The molecule has 1 heterocycles. The lowest BCUT2D eigenvalue weighted by atomic mass is 10.1. The molecule has 0 atom stereocenters. The predicted octanol–water partition coefficient (Wildman–Crippen LogP) is 2.51. The number of benzene rings is 2. The number of hydrogen-bond donors (Lipinski definition) is 2. The Balaban J connectivity index is 1.94. The standard InChI is InChI=1S/C18H16N2O5S/c1-11-9-16(21)17(18(22)25-11)12(2)19-20-26(23,24)15-8-7-13-5-3-4-6-14(13)10-15/h3-10,20-21H,1-2H3. The van der Waals surface area contributed by atoms with Gasteiger partial charge in [0.15, 0.2) is 0 Å². The second-order valence-electron chi connectivity index (χ2n) is 5.71. The van der Waals surface area contributed by atoms with Crippen molar-refractivity contribution in [1.29, 1.82) is 0 Å². The first-order chi connectivity index (χ1) is 12.3. The van der Waals surface area contributed by atoms with E-state index in [1.54, 1.807) is 12.1 Å². The number of aryl methyl sites for hydroxylation is 1. The molecule has 0 bridgehead atoms. The van der Waals surface area contributed by atoms with Crippen LogP contribution in [0.1, 0.15) is 18.2 Å². The minimum absolute atomic E-state index is 0.0133. The molecular weight excluding hydrogens is 356 g/mol. The van der Waals surface area contributed by atoms with E-state index in [-0.39, 0.29) is 27.7 Å². The zero-order valence-corrected chi connectivity index (χ0v) is 14.9. The van der Waals surface area contributed by atoms with Gasteiger partial charge in [0.2, 0.25) is 0 Å². The minimum Gasteiger partial charge on any atom is -0.507 e. The Morgan fingerprint density at radius 1 is 1.12 bits per heavy atom. The molecule has 0 aliphatic rings. The van der Waals surface area contributed by atoms with E-state index in [1.165, 1.54) is 32.0 Å². The molecule has 0 saturated carbocycles. The molecule has 0 aliphatic carbocycles. The van der Waals surface area contributed by atoms with Crippen LogP contribution >= 0.6 is 0 Å². The van der Waals surface area contributed by atoms with Gasteiger partial charge in [-0.05, 0) is 36.8 Å². The number of aromatic hydroxyl groups is 1. The molecule has 134 valence electrons. The van der Waals surface area contributed by atoms with E-state index in [9.17, 15) is 18.3 Å². The van der Waals surface area contributed by atoms with Gasteiger partial charge in [0.25, 0.3) is 10.0 Å². The lowest BCUT2D eigenvalue weighted by Crippen LogP contribution is -2.22. The number of hydrazone groups is 1. The highest BCUT2D eigenvalue weighted by Crippen LogP contribution is 2.19. The molecule has 8 heteroatoms. The summed E-state index contributed by atoms with van der Waals surface area (Å²) >= 11 is 0. The molecule has 0 amide bonds. The first kappa shape index (κ1) is 17.7. The molecule has 2 N–H and O–H groups in total. The first-order valence-electron chi connectivity index (χ1n) is 7.67. The van der Waals surface area contributed by atoms with Crippen LogP contribution in [0.4, 0.5) is 0 Å². The van der Waals surface area contributed by atoms with Gasteiger partial charge in [-0.3, -0.25) is 0 Å². The maximum Gasteiger partial charge on any atom is 0.348 e. The van der Waals surface area contributed by atoms with Crippen molar-refractivity contribution in [2.45, 2.75) is 18.7 Å². The van der Waals surface area contributed by atoms with Crippen molar-refractivity contribution in [2.24, 2.45) is 5.10 Å². The number of hydrogen-bond acceptors (Lipinski definition) is 6. The third kappa shape index (κ3) is 3.45. The van der Waals surface area contributed by atoms with Crippen LogP contribution in [0, 0.1) is 6.92 Å². The van der Waals surface area contributed by atoms with Gasteiger partial charge in [-0.25, -0.2) is 4.79 Å². The average molecular weight is 372 g/mol. The largest absolute Gasteiger partial charge is 0.507 e. The van der Waals surface area contributed by atoms with Crippen molar-refractivity contribution in [2.75, 3.05) is 0 Å². The molecule has 0 radical (unpaired) electrons. The molecule has 1 aromatic heterocycles. The summed E-state index contributed by atoms with van der Waals surface area (Å²) in [5.74, 6) is -0.0919. The normalized spacial score (nSPS) is 12.3. The van der Waals surface area contributed by atoms with Gasteiger partial charge in [0.1, 0.15) is 17.1 Å². The Morgan fingerprint density at radius 2 is 1.81 bits per heavy atom. The van der Waals surface area contributed by atoms with Crippen LogP contribution in [-0.2, 0) is 10.0 Å². The summed E-state index contributed by atoms with van der Waals surface area (Å²) in [4.78, 5) is 14.0. The highest BCUT2D eigenvalue weighted by molar-refractivity contribution is 7.89. The summed E-state index contributed by atoms with van der Waals surface area (Å²) < 4.78 is 29.8. The first-order valence-corrected chi connectivity index (χ1v) is 9.15. The van der Waals surface area contributed by atoms with E-state index in [4.69, 9.17) is 4.42 Å². The van der Waals surface area contributed by atoms with Crippen molar-refractivity contribution in [1.82, 2.24) is 4.83 Å². The average Bonchev–Trinajstić information content (AvgIpc) is 2.58. The Labute approximate surface area is 149 Å². The van der Waals surface area contributed by atoms with E-state index in [1.807, 2.05) is 18.2 Å². The monoisotopic (exact) mass is 372 g/mol. The van der Waals surface area contributed by atoms with Crippen molar-refractivity contribution < 1.29 is 17.9 Å². The maximum atomic E-state index is 12.5. The topological polar surface area (TPSA) is 109 Å². The van der Waals surface area contributed by atoms with Crippen LogP contribution in [0.15, 0.2) is 67.7 Å². The fourth-order valence-electron chi connectivity index (χ4n) is 2.50. The van der Waals surface area contributed by atoms with Crippen molar-refractivity contribution >= 4 is 26.5 Å². The van der Waals surface area contributed by atoms with Gasteiger partial charge in [0.05, 0.1) is 10.6 Å². The SMILES string of the molecule is CC(=NNS(=O)(=O)c1ccc2ccccc2c1)c1c(O)cc(C)oc1=O. The lowest BCUT2D eigenvalue weighted by Gasteiger charge is -2.07. The maximum absolute atomic E-state index is 12.5. The Morgan fingerprint density at radius 3 is 2.50 bits per heavy atom. The summed E-state index contributed by atoms with van der Waals surface area (Å²) in [6, 6.07) is 13.3. The molecule has 0 unspecified atom stereocenters.